The molecule has 3 aromatic rings. The maximum absolute atomic E-state index is 5.61. The fourth-order valence-corrected chi connectivity index (χ4v) is 3.28. The van der Waals surface area contributed by atoms with Crippen LogP contribution in [0.15, 0.2) is 63.8 Å². The molecule has 1 atom stereocenters. The molecular weight excluding hydrogens is 294 g/mol. The van der Waals surface area contributed by atoms with Gasteiger partial charge < -0.3 is 4.42 Å². The van der Waals surface area contributed by atoms with Crippen LogP contribution in [0.3, 0.4) is 0 Å². The summed E-state index contributed by atoms with van der Waals surface area (Å²) in [7, 11) is 0. The summed E-state index contributed by atoms with van der Waals surface area (Å²) in [5, 5.41) is 9.63. The Labute approximate surface area is 132 Å². The quantitative estimate of drug-likeness (QED) is 0.720. The molecule has 1 aliphatic rings. The van der Waals surface area contributed by atoms with Crippen LogP contribution < -0.4 is 5.01 Å². The van der Waals surface area contributed by atoms with E-state index in [4.69, 9.17) is 9.52 Å². The highest BCUT2D eigenvalue weighted by atomic mass is 32.1. The number of nitrogens with zero attached hydrogens (tertiary/aromatic N) is 3. The Hall–Kier alpha value is -2.40. The van der Waals surface area contributed by atoms with Crippen molar-refractivity contribution in [1.29, 1.82) is 0 Å². The zero-order valence-electron chi connectivity index (χ0n) is 12.1. The summed E-state index contributed by atoms with van der Waals surface area (Å²) >= 11 is 1.59. The second-order valence-electron chi connectivity index (χ2n) is 5.31. The highest BCUT2D eigenvalue weighted by Crippen LogP contribution is 2.37. The van der Waals surface area contributed by atoms with Crippen molar-refractivity contribution in [3.8, 4) is 0 Å². The lowest BCUT2D eigenvalue weighted by molar-refractivity contribution is 0.465. The number of aryl methyl sites for hydroxylation is 1. The summed E-state index contributed by atoms with van der Waals surface area (Å²) in [6.07, 6.45) is 4.33. The van der Waals surface area contributed by atoms with E-state index in [0.29, 0.717) is 0 Å². The van der Waals surface area contributed by atoms with E-state index in [1.807, 2.05) is 22.5 Å². The van der Waals surface area contributed by atoms with E-state index in [9.17, 15) is 0 Å². The van der Waals surface area contributed by atoms with Crippen LogP contribution in [-0.4, -0.2) is 10.7 Å². The third-order valence-electron chi connectivity index (χ3n) is 3.78. The standard InChI is InChI=1S/C17H15N3OS/c1-12-4-6-13(7-5-12)14-11-15(16-3-2-9-21-16)20(19-14)17-18-8-10-22-17/h2-10,15H,11H2,1H3. The number of furan rings is 1. The summed E-state index contributed by atoms with van der Waals surface area (Å²) in [5.41, 5.74) is 3.47. The van der Waals surface area contributed by atoms with E-state index in [1.165, 1.54) is 5.56 Å². The summed E-state index contributed by atoms with van der Waals surface area (Å²) < 4.78 is 5.61. The van der Waals surface area contributed by atoms with Crippen molar-refractivity contribution < 1.29 is 4.42 Å². The monoisotopic (exact) mass is 309 g/mol. The van der Waals surface area contributed by atoms with E-state index < -0.39 is 0 Å². The number of hydrogen-bond acceptors (Lipinski definition) is 5. The predicted molar refractivity (Wildman–Crippen MR) is 88.4 cm³/mol. The first-order valence-electron chi connectivity index (χ1n) is 7.18. The summed E-state index contributed by atoms with van der Waals surface area (Å²) in [5.74, 6) is 0.918. The van der Waals surface area contributed by atoms with Gasteiger partial charge in [-0.25, -0.2) is 9.99 Å². The third-order valence-corrected chi connectivity index (χ3v) is 4.54. The third kappa shape index (κ3) is 2.33. The Morgan fingerprint density at radius 2 is 2.09 bits per heavy atom. The van der Waals surface area contributed by atoms with Crippen LogP contribution in [0.2, 0.25) is 0 Å². The predicted octanol–water partition coefficient (Wildman–Crippen LogP) is 4.40. The normalized spacial score (nSPS) is 17.8. The molecule has 1 aliphatic heterocycles. The number of anilines is 1. The van der Waals surface area contributed by atoms with Gasteiger partial charge in [-0.1, -0.05) is 29.8 Å². The second-order valence-corrected chi connectivity index (χ2v) is 6.18. The Morgan fingerprint density at radius 3 is 2.77 bits per heavy atom. The van der Waals surface area contributed by atoms with Gasteiger partial charge in [0.25, 0.3) is 0 Å². The minimum absolute atomic E-state index is 0.0671. The van der Waals surface area contributed by atoms with Crippen LogP contribution in [0.5, 0.6) is 0 Å². The van der Waals surface area contributed by atoms with E-state index in [2.05, 4.69) is 36.2 Å². The number of hydrogen-bond donors (Lipinski definition) is 0. The lowest BCUT2D eigenvalue weighted by atomic mass is 10.0. The maximum atomic E-state index is 5.61. The van der Waals surface area contributed by atoms with Gasteiger partial charge in [-0.15, -0.1) is 11.3 Å². The Morgan fingerprint density at radius 1 is 1.23 bits per heavy atom. The Balaban J connectivity index is 1.72. The first kappa shape index (κ1) is 13.3. The van der Waals surface area contributed by atoms with Gasteiger partial charge in [-0.05, 0) is 24.6 Å². The van der Waals surface area contributed by atoms with Gasteiger partial charge in [-0.2, -0.15) is 5.10 Å². The summed E-state index contributed by atoms with van der Waals surface area (Å²) in [6.45, 7) is 2.09. The van der Waals surface area contributed by atoms with Gasteiger partial charge in [0.05, 0.1) is 12.0 Å². The topological polar surface area (TPSA) is 41.6 Å². The van der Waals surface area contributed by atoms with Gasteiger partial charge >= 0.3 is 0 Å². The molecule has 4 nitrogen and oxygen atoms in total. The molecule has 0 N–H and O–H groups in total. The minimum Gasteiger partial charge on any atom is -0.467 e. The zero-order chi connectivity index (χ0) is 14.9. The van der Waals surface area contributed by atoms with E-state index in [1.54, 1.807) is 23.8 Å². The van der Waals surface area contributed by atoms with E-state index >= 15 is 0 Å². The van der Waals surface area contributed by atoms with Gasteiger partial charge in [0.1, 0.15) is 11.8 Å². The van der Waals surface area contributed by atoms with Crippen molar-refractivity contribution in [2.75, 3.05) is 5.01 Å². The van der Waals surface area contributed by atoms with Crippen LogP contribution in [0.4, 0.5) is 5.13 Å². The van der Waals surface area contributed by atoms with Crippen molar-refractivity contribution in [2.24, 2.45) is 5.10 Å². The first-order chi connectivity index (χ1) is 10.8. The van der Waals surface area contributed by atoms with Crippen LogP contribution in [0, 0.1) is 6.92 Å². The van der Waals surface area contributed by atoms with Gasteiger partial charge in [0, 0.05) is 18.0 Å². The molecule has 0 radical (unpaired) electrons. The largest absolute Gasteiger partial charge is 0.467 e. The Bertz CT molecular complexity index is 776. The highest BCUT2D eigenvalue weighted by molar-refractivity contribution is 7.13. The molecule has 4 rings (SSSR count). The molecule has 0 bridgehead atoms. The van der Waals surface area contributed by atoms with Crippen molar-refractivity contribution in [3.05, 3.63) is 71.1 Å². The van der Waals surface area contributed by atoms with E-state index in [-0.39, 0.29) is 6.04 Å². The average Bonchev–Trinajstić information content (AvgIpc) is 3.27. The van der Waals surface area contributed by atoms with Crippen molar-refractivity contribution >= 4 is 22.2 Å². The van der Waals surface area contributed by atoms with Crippen LogP contribution in [-0.2, 0) is 0 Å². The lowest BCUT2D eigenvalue weighted by Crippen LogP contribution is -2.17. The summed E-state index contributed by atoms with van der Waals surface area (Å²) in [4.78, 5) is 4.40. The van der Waals surface area contributed by atoms with Gasteiger partial charge in [-0.3, -0.25) is 0 Å². The SMILES string of the molecule is Cc1ccc(C2=NN(c3nccs3)C(c3ccco3)C2)cc1. The number of aromatic nitrogens is 1. The molecule has 2 aromatic heterocycles. The maximum Gasteiger partial charge on any atom is 0.206 e. The average molecular weight is 309 g/mol. The first-order valence-corrected chi connectivity index (χ1v) is 8.06. The van der Waals surface area contributed by atoms with Crippen LogP contribution >= 0.6 is 11.3 Å². The molecular formula is C17H15N3OS. The molecule has 0 amide bonds. The molecule has 110 valence electrons. The second kappa shape index (κ2) is 5.42. The minimum atomic E-state index is 0.0671. The molecule has 0 saturated carbocycles. The van der Waals surface area contributed by atoms with Crippen molar-refractivity contribution in [2.45, 2.75) is 19.4 Å². The molecule has 1 aromatic carbocycles. The molecule has 22 heavy (non-hydrogen) atoms. The van der Waals surface area contributed by atoms with Crippen molar-refractivity contribution in [1.82, 2.24) is 4.98 Å². The fraction of sp³-hybridized carbons (Fsp3) is 0.176. The molecule has 0 spiro atoms. The molecule has 3 heterocycles. The highest BCUT2D eigenvalue weighted by Gasteiger charge is 2.32. The van der Waals surface area contributed by atoms with Crippen LogP contribution in [0.1, 0.15) is 29.3 Å². The molecule has 0 aliphatic carbocycles. The molecule has 1 unspecified atom stereocenters. The number of hydrazone groups is 1. The summed E-state index contributed by atoms with van der Waals surface area (Å²) in [6, 6.07) is 12.5. The molecule has 0 fully saturated rings. The van der Waals surface area contributed by atoms with E-state index in [0.717, 1.165) is 28.6 Å². The molecule has 5 heteroatoms. The number of rotatable bonds is 3. The smallest absolute Gasteiger partial charge is 0.206 e. The Kier molecular flexibility index (Phi) is 3.27. The van der Waals surface area contributed by atoms with Gasteiger partial charge in [0.2, 0.25) is 5.13 Å². The zero-order valence-corrected chi connectivity index (χ0v) is 13.0. The van der Waals surface area contributed by atoms with Gasteiger partial charge in [0.15, 0.2) is 0 Å². The lowest BCUT2D eigenvalue weighted by Gasteiger charge is -2.18. The number of benzene rings is 1. The van der Waals surface area contributed by atoms with Crippen LogP contribution in [0.25, 0.3) is 0 Å². The van der Waals surface area contributed by atoms with Crippen molar-refractivity contribution in [3.63, 3.8) is 0 Å². The molecule has 0 saturated heterocycles. The fourth-order valence-electron chi connectivity index (χ4n) is 2.64. The number of thiazole rings is 1.